The maximum Gasteiger partial charge on any atom is 0.224 e. The molecule has 1 N–H and O–H groups in total. The molecule has 1 aromatic rings. The highest BCUT2D eigenvalue weighted by Gasteiger charge is 2.02. The lowest BCUT2D eigenvalue weighted by Gasteiger charge is -2.10. The fourth-order valence-corrected chi connectivity index (χ4v) is 1.00. The Balaban J connectivity index is 2.69. The van der Waals surface area contributed by atoms with Crippen molar-refractivity contribution >= 4 is 17.4 Å². The van der Waals surface area contributed by atoms with Crippen LogP contribution in [0.15, 0.2) is 12.3 Å². The number of nitrogens with one attached hydrogen (secondary N) is 1. The molecule has 0 saturated carbocycles. The molecular weight excluding hydrogens is 186 g/mol. The number of halogens is 1. The first-order chi connectivity index (χ1) is 6.26. The van der Waals surface area contributed by atoms with Gasteiger partial charge in [-0.15, -0.1) is 6.42 Å². The average Bonchev–Trinajstić information content (AvgIpc) is 2.14. The van der Waals surface area contributed by atoms with Crippen LogP contribution in [0.4, 0.5) is 5.82 Å². The second-order valence-electron chi connectivity index (χ2n) is 2.48. The first-order valence-electron chi connectivity index (χ1n) is 3.97. The van der Waals surface area contributed by atoms with Crippen molar-refractivity contribution in [2.75, 3.05) is 5.32 Å². The molecule has 0 aromatic carbocycles. The molecule has 0 aliphatic heterocycles. The zero-order chi connectivity index (χ0) is 9.68. The van der Waals surface area contributed by atoms with E-state index in [0.29, 0.717) is 5.82 Å². The third-order valence-corrected chi connectivity index (χ3v) is 1.74. The Bertz CT molecular complexity index is 319. The molecule has 1 atom stereocenters. The van der Waals surface area contributed by atoms with Crippen molar-refractivity contribution in [1.29, 1.82) is 0 Å². The summed E-state index contributed by atoms with van der Waals surface area (Å²) < 4.78 is 0. The lowest BCUT2D eigenvalue weighted by atomic mass is 10.2. The van der Waals surface area contributed by atoms with Gasteiger partial charge in [0.05, 0.1) is 6.04 Å². The van der Waals surface area contributed by atoms with Gasteiger partial charge in [-0.2, -0.15) is 0 Å². The summed E-state index contributed by atoms with van der Waals surface area (Å²) in [7, 11) is 0. The van der Waals surface area contributed by atoms with Crippen LogP contribution in [0.5, 0.6) is 0 Å². The van der Waals surface area contributed by atoms with Crippen molar-refractivity contribution in [2.45, 2.75) is 19.4 Å². The van der Waals surface area contributed by atoms with Crippen LogP contribution in [-0.2, 0) is 0 Å². The van der Waals surface area contributed by atoms with Crippen molar-refractivity contribution < 1.29 is 0 Å². The molecular formula is C9H10ClN3. The summed E-state index contributed by atoms with van der Waals surface area (Å²) in [4.78, 5) is 7.72. The summed E-state index contributed by atoms with van der Waals surface area (Å²) in [5, 5.41) is 3.27. The molecule has 3 nitrogen and oxygen atoms in total. The monoisotopic (exact) mass is 195 g/mol. The molecule has 0 fully saturated rings. The number of terminal acetylenes is 1. The van der Waals surface area contributed by atoms with Crippen LogP contribution in [0.1, 0.15) is 13.3 Å². The van der Waals surface area contributed by atoms with Gasteiger partial charge in [-0.05, 0) is 24.1 Å². The Morgan fingerprint density at radius 3 is 3.08 bits per heavy atom. The maximum absolute atomic E-state index is 5.60. The Morgan fingerprint density at radius 1 is 1.77 bits per heavy atom. The van der Waals surface area contributed by atoms with E-state index in [-0.39, 0.29) is 11.3 Å². The third kappa shape index (κ3) is 2.92. The maximum atomic E-state index is 5.60. The van der Waals surface area contributed by atoms with Gasteiger partial charge in [-0.1, -0.05) is 12.8 Å². The van der Waals surface area contributed by atoms with Crippen LogP contribution in [0.3, 0.4) is 0 Å². The predicted molar refractivity (Wildman–Crippen MR) is 53.6 cm³/mol. The van der Waals surface area contributed by atoms with E-state index in [1.165, 1.54) is 0 Å². The Morgan fingerprint density at radius 2 is 2.54 bits per heavy atom. The van der Waals surface area contributed by atoms with E-state index in [4.69, 9.17) is 18.0 Å². The van der Waals surface area contributed by atoms with Crippen molar-refractivity contribution in [1.82, 2.24) is 9.97 Å². The van der Waals surface area contributed by atoms with E-state index in [2.05, 4.69) is 21.2 Å². The lowest BCUT2D eigenvalue weighted by Crippen LogP contribution is -2.16. The first-order valence-corrected chi connectivity index (χ1v) is 4.35. The number of anilines is 1. The Kier molecular flexibility index (Phi) is 3.53. The van der Waals surface area contributed by atoms with E-state index < -0.39 is 0 Å². The molecule has 1 heterocycles. The summed E-state index contributed by atoms with van der Waals surface area (Å²) in [6, 6.07) is 1.72. The summed E-state index contributed by atoms with van der Waals surface area (Å²) in [5.74, 6) is 3.26. The topological polar surface area (TPSA) is 37.8 Å². The van der Waals surface area contributed by atoms with Crippen molar-refractivity contribution in [3.8, 4) is 12.3 Å². The van der Waals surface area contributed by atoms with Gasteiger partial charge in [0.25, 0.3) is 0 Å². The highest BCUT2D eigenvalue weighted by atomic mass is 35.5. The minimum Gasteiger partial charge on any atom is -0.356 e. The van der Waals surface area contributed by atoms with E-state index >= 15 is 0 Å². The highest BCUT2D eigenvalue weighted by molar-refractivity contribution is 6.28. The highest BCUT2D eigenvalue weighted by Crippen LogP contribution is 2.07. The van der Waals surface area contributed by atoms with Crippen LogP contribution >= 0.6 is 11.6 Å². The SMILES string of the molecule is C#CC(CC)Nc1ccnc(Cl)n1. The van der Waals surface area contributed by atoms with Crippen molar-refractivity contribution in [2.24, 2.45) is 0 Å². The average molecular weight is 196 g/mol. The summed E-state index contributed by atoms with van der Waals surface area (Å²) >= 11 is 5.60. The molecule has 0 aliphatic carbocycles. The molecule has 1 unspecified atom stereocenters. The summed E-state index contributed by atoms with van der Waals surface area (Å²) in [6.07, 6.45) is 7.71. The molecule has 0 aliphatic rings. The third-order valence-electron chi connectivity index (χ3n) is 1.56. The van der Waals surface area contributed by atoms with E-state index in [0.717, 1.165) is 6.42 Å². The number of nitrogens with zero attached hydrogens (tertiary/aromatic N) is 2. The van der Waals surface area contributed by atoms with E-state index in [9.17, 15) is 0 Å². The number of aromatic nitrogens is 2. The normalized spacial score (nSPS) is 11.8. The first kappa shape index (κ1) is 9.82. The molecule has 0 bridgehead atoms. The Hall–Kier alpha value is -1.27. The molecule has 1 rings (SSSR count). The number of rotatable bonds is 3. The molecule has 0 spiro atoms. The van der Waals surface area contributed by atoms with Gasteiger partial charge in [0.15, 0.2) is 0 Å². The zero-order valence-electron chi connectivity index (χ0n) is 7.29. The van der Waals surface area contributed by atoms with Gasteiger partial charge in [-0.3, -0.25) is 0 Å². The minimum absolute atomic E-state index is 0.00836. The van der Waals surface area contributed by atoms with Crippen LogP contribution in [0.25, 0.3) is 0 Å². The molecule has 0 amide bonds. The van der Waals surface area contributed by atoms with Crippen LogP contribution in [0.2, 0.25) is 5.28 Å². The van der Waals surface area contributed by atoms with Gasteiger partial charge in [0.2, 0.25) is 5.28 Å². The minimum atomic E-state index is -0.00836. The standard InChI is InChI=1S/C9H10ClN3/c1-3-7(4-2)12-8-5-6-11-9(10)13-8/h1,5-7H,4H2,2H3,(H,11,12,13). The van der Waals surface area contributed by atoms with Gasteiger partial charge in [0.1, 0.15) is 5.82 Å². The Labute approximate surface area is 82.5 Å². The summed E-state index contributed by atoms with van der Waals surface area (Å²) in [5.41, 5.74) is 0. The lowest BCUT2D eigenvalue weighted by molar-refractivity contribution is 0.849. The molecule has 68 valence electrons. The second-order valence-corrected chi connectivity index (χ2v) is 2.82. The smallest absolute Gasteiger partial charge is 0.224 e. The predicted octanol–water partition coefficient (Wildman–Crippen LogP) is 1.95. The van der Waals surface area contributed by atoms with Crippen LogP contribution in [-0.4, -0.2) is 16.0 Å². The molecule has 13 heavy (non-hydrogen) atoms. The van der Waals surface area contributed by atoms with Crippen LogP contribution < -0.4 is 5.32 Å². The zero-order valence-corrected chi connectivity index (χ0v) is 8.04. The quantitative estimate of drug-likeness (QED) is 0.592. The fraction of sp³-hybridized carbons (Fsp3) is 0.333. The number of hydrogen-bond acceptors (Lipinski definition) is 3. The second kappa shape index (κ2) is 4.68. The van der Waals surface area contributed by atoms with Gasteiger partial charge in [-0.25, -0.2) is 9.97 Å². The molecule has 0 saturated heterocycles. The molecule has 1 aromatic heterocycles. The van der Waals surface area contributed by atoms with Crippen LogP contribution in [0, 0.1) is 12.3 Å². The summed E-state index contributed by atoms with van der Waals surface area (Å²) in [6.45, 7) is 2.00. The molecule has 0 radical (unpaired) electrons. The number of hydrogen-bond donors (Lipinski definition) is 1. The van der Waals surface area contributed by atoms with Crippen molar-refractivity contribution in [3.05, 3.63) is 17.5 Å². The molecule has 4 heteroatoms. The van der Waals surface area contributed by atoms with Gasteiger partial charge < -0.3 is 5.32 Å². The van der Waals surface area contributed by atoms with Gasteiger partial charge in [0, 0.05) is 6.20 Å². The van der Waals surface area contributed by atoms with Crippen molar-refractivity contribution in [3.63, 3.8) is 0 Å². The van der Waals surface area contributed by atoms with E-state index in [1.807, 2.05) is 6.92 Å². The van der Waals surface area contributed by atoms with E-state index in [1.54, 1.807) is 12.3 Å². The fourth-order valence-electron chi connectivity index (χ4n) is 0.855. The largest absolute Gasteiger partial charge is 0.356 e. The van der Waals surface area contributed by atoms with Gasteiger partial charge >= 0.3 is 0 Å².